The standard InChI is InChI=1S/C26H26FN7O4/c1-38-19-6-2-5-18(21(19)27)25(35)29-12-15-7-9-16(10-8-15)22-20-23(28)30-14-31-24(20)34(32-22)17-4-3-11-33(13-17)26(36)37/h2,5-10,14,17H,3-4,11-13H2,1H3,(H,29,35)(H,36,37)(H2,28,30,31)/t17-/m1/s1. The number of anilines is 1. The summed E-state index contributed by atoms with van der Waals surface area (Å²) in [6.45, 7) is 0.975. The summed E-state index contributed by atoms with van der Waals surface area (Å²) in [4.78, 5) is 34.0. The number of benzene rings is 2. The molecule has 196 valence electrons. The third kappa shape index (κ3) is 4.67. The van der Waals surface area contributed by atoms with E-state index >= 15 is 0 Å². The largest absolute Gasteiger partial charge is 0.494 e. The number of aromatic nitrogens is 4. The van der Waals surface area contributed by atoms with Gasteiger partial charge < -0.3 is 25.8 Å². The highest BCUT2D eigenvalue weighted by Gasteiger charge is 2.28. The summed E-state index contributed by atoms with van der Waals surface area (Å²) >= 11 is 0. The molecule has 0 saturated carbocycles. The predicted molar refractivity (Wildman–Crippen MR) is 137 cm³/mol. The van der Waals surface area contributed by atoms with Crippen molar-refractivity contribution >= 4 is 28.9 Å². The first-order valence-corrected chi connectivity index (χ1v) is 12.0. The van der Waals surface area contributed by atoms with E-state index in [-0.39, 0.29) is 29.7 Å². The van der Waals surface area contributed by atoms with Crippen LogP contribution in [0.1, 0.15) is 34.8 Å². The number of piperidine rings is 1. The number of amides is 2. The van der Waals surface area contributed by atoms with Crippen molar-refractivity contribution in [1.82, 2.24) is 30.0 Å². The van der Waals surface area contributed by atoms with Gasteiger partial charge in [-0.15, -0.1) is 0 Å². The van der Waals surface area contributed by atoms with Crippen LogP contribution in [0.5, 0.6) is 5.75 Å². The minimum Gasteiger partial charge on any atom is -0.494 e. The maximum atomic E-state index is 14.4. The molecule has 5 rings (SSSR count). The smallest absolute Gasteiger partial charge is 0.407 e. The van der Waals surface area contributed by atoms with Gasteiger partial charge in [0.05, 0.1) is 24.1 Å². The van der Waals surface area contributed by atoms with Crippen molar-refractivity contribution in [3.63, 3.8) is 0 Å². The van der Waals surface area contributed by atoms with Crippen LogP contribution >= 0.6 is 0 Å². The zero-order valence-electron chi connectivity index (χ0n) is 20.6. The van der Waals surface area contributed by atoms with Gasteiger partial charge in [-0.3, -0.25) is 4.79 Å². The number of rotatable bonds is 6. The van der Waals surface area contributed by atoms with E-state index in [1.807, 2.05) is 24.3 Å². The second-order valence-electron chi connectivity index (χ2n) is 8.98. The van der Waals surface area contributed by atoms with Crippen molar-refractivity contribution in [3.8, 4) is 17.0 Å². The summed E-state index contributed by atoms with van der Waals surface area (Å²) in [7, 11) is 1.34. The molecular formula is C26H26FN7O4. The van der Waals surface area contributed by atoms with Crippen molar-refractivity contribution in [1.29, 1.82) is 0 Å². The molecule has 0 aliphatic carbocycles. The van der Waals surface area contributed by atoms with E-state index in [4.69, 9.17) is 15.6 Å². The number of ether oxygens (including phenoxy) is 1. The molecule has 1 fully saturated rings. The monoisotopic (exact) mass is 519 g/mol. The van der Waals surface area contributed by atoms with Gasteiger partial charge in [-0.05, 0) is 30.5 Å². The van der Waals surface area contributed by atoms with Crippen molar-refractivity contribution in [3.05, 3.63) is 65.7 Å². The summed E-state index contributed by atoms with van der Waals surface area (Å²) in [5.74, 6) is -0.989. The summed E-state index contributed by atoms with van der Waals surface area (Å²) < 4.78 is 21.1. The molecule has 2 aromatic carbocycles. The summed E-state index contributed by atoms with van der Waals surface area (Å²) in [6, 6.07) is 11.6. The number of nitrogen functional groups attached to an aromatic ring is 1. The van der Waals surface area contributed by atoms with Crippen molar-refractivity contribution < 1.29 is 23.8 Å². The Hall–Kier alpha value is -4.74. The van der Waals surface area contributed by atoms with Gasteiger partial charge in [0.1, 0.15) is 17.8 Å². The number of carboxylic acid groups (broad SMARTS) is 1. The van der Waals surface area contributed by atoms with Crippen LogP contribution in [0, 0.1) is 5.82 Å². The topological polar surface area (TPSA) is 148 Å². The lowest BCUT2D eigenvalue weighted by Gasteiger charge is -2.30. The highest BCUT2D eigenvalue weighted by molar-refractivity contribution is 5.98. The molecule has 0 spiro atoms. The Morgan fingerprint density at radius 1 is 1.21 bits per heavy atom. The highest BCUT2D eigenvalue weighted by Crippen LogP contribution is 2.34. The van der Waals surface area contributed by atoms with Crippen LogP contribution in [0.4, 0.5) is 15.0 Å². The number of carbonyl (C=O) groups is 2. The first kappa shape index (κ1) is 24.9. The van der Waals surface area contributed by atoms with Gasteiger partial charge in [0.25, 0.3) is 5.91 Å². The quantitative estimate of drug-likeness (QED) is 0.351. The molecular weight excluding hydrogens is 493 g/mol. The van der Waals surface area contributed by atoms with Crippen LogP contribution in [0.2, 0.25) is 0 Å². The molecule has 1 saturated heterocycles. The van der Waals surface area contributed by atoms with Gasteiger partial charge in [0.15, 0.2) is 17.2 Å². The molecule has 2 amide bonds. The lowest BCUT2D eigenvalue weighted by molar-refractivity contribution is 0.0946. The number of halogens is 1. The average Bonchev–Trinajstić information content (AvgIpc) is 3.33. The van der Waals surface area contributed by atoms with Crippen LogP contribution in [0.3, 0.4) is 0 Å². The Balaban J connectivity index is 1.38. The van der Waals surface area contributed by atoms with E-state index in [0.717, 1.165) is 17.5 Å². The molecule has 0 bridgehead atoms. The first-order chi connectivity index (χ1) is 18.4. The SMILES string of the molecule is COc1cccc(C(=O)NCc2ccc(-c3nn([C@@H]4CCCN(C(=O)O)C4)c4ncnc(N)c34)cc2)c1F. The second kappa shape index (κ2) is 10.3. The normalized spacial score (nSPS) is 15.4. The maximum absolute atomic E-state index is 14.4. The number of hydrogen-bond donors (Lipinski definition) is 3. The van der Waals surface area contributed by atoms with Crippen LogP contribution < -0.4 is 15.8 Å². The lowest BCUT2D eigenvalue weighted by Crippen LogP contribution is -2.40. The molecule has 11 nitrogen and oxygen atoms in total. The van der Waals surface area contributed by atoms with E-state index in [9.17, 15) is 19.1 Å². The average molecular weight is 520 g/mol. The molecule has 0 radical (unpaired) electrons. The fourth-order valence-corrected chi connectivity index (χ4v) is 4.68. The fraction of sp³-hybridized carbons (Fsp3) is 0.269. The summed E-state index contributed by atoms with van der Waals surface area (Å²) in [6.07, 6.45) is 1.89. The highest BCUT2D eigenvalue weighted by atomic mass is 19.1. The summed E-state index contributed by atoms with van der Waals surface area (Å²) in [5.41, 5.74) is 8.80. The number of methoxy groups -OCH3 is 1. The van der Waals surface area contributed by atoms with E-state index in [1.165, 1.54) is 30.5 Å². The number of carbonyl (C=O) groups excluding carboxylic acids is 1. The predicted octanol–water partition coefficient (Wildman–Crippen LogP) is 3.47. The number of hydrogen-bond acceptors (Lipinski definition) is 7. The Morgan fingerprint density at radius 2 is 2.00 bits per heavy atom. The molecule has 12 heteroatoms. The molecule has 4 aromatic rings. The number of nitrogens with one attached hydrogen (secondary N) is 1. The number of likely N-dealkylation sites (tertiary alicyclic amines) is 1. The van der Waals surface area contributed by atoms with E-state index in [1.54, 1.807) is 10.7 Å². The number of nitrogens with zero attached hydrogens (tertiary/aromatic N) is 5. The second-order valence-corrected chi connectivity index (χ2v) is 8.98. The zero-order valence-corrected chi connectivity index (χ0v) is 20.6. The molecule has 1 aliphatic heterocycles. The van der Waals surface area contributed by atoms with Gasteiger partial charge in [0.2, 0.25) is 0 Å². The summed E-state index contributed by atoms with van der Waals surface area (Å²) in [5, 5.41) is 17.6. The minimum atomic E-state index is -0.961. The van der Waals surface area contributed by atoms with Crippen LogP contribution in [0.15, 0.2) is 48.8 Å². The Bertz CT molecular complexity index is 1510. The van der Waals surface area contributed by atoms with Crippen molar-refractivity contribution in [2.24, 2.45) is 0 Å². The number of fused-ring (bicyclic) bond motifs is 1. The minimum absolute atomic E-state index is 0.000754. The molecule has 4 N–H and O–H groups in total. The van der Waals surface area contributed by atoms with E-state index in [0.29, 0.717) is 36.2 Å². The molecule has 2 aromatic heterocycles. The van der Waals surface area contributed by atoms with Gasteiger partial charge in [-0.2, -0.15) is 5.10 Å². The van der Waals surface area contributed by atoms with Gasteiger partial charge in [0, 0.05) is 25.2 Å². The van der Waals surface area contributed by atoms with Crippen LogP contribution in [-0.4, -0.2) is 62.0 Å². The molecule has 1 atom stereocenters. The van der Waals surface area contributed by atoms with Gasteiger partial charge in [-0.25, -0.2) is 23.8 Å². The van der Waals surface area contributed by atoms with E-state index in [2.05, 4.69) is 15.3 Å². The van der Waals surface area contributed by atoms with Gasteiger partial charge >= 0.3 is 6.09 Å². The maximum Gasteiger partial charge on any atom is 0.407 e. The Kier molecular flexibility index (Phi) is 6.77. The van der Waals surface area contributed by atoms with Crippen LogP contribution in [0.25, 0.3) is 22.3 Å². The molecule has 0 unspecified atom stereocenters. The molecule has 3 heterocycles. The Morgan fingerprint density at radius 3 is 2.74 bits per heavy atom. The molecule has 38 heavy (non-hydrogen) atoms. The third-order valence-electron chi connectivity index (χ3n) is 6.64. The molecule has 1 aliphatic rings. The lowest BCUT2D eigenvalue weighted by atomic mass is 10.1. The zero-order chi connectivity index (χ0) is 26.8. The number of nitrogens with two attached hydrogens (primary N) is 1. The Labute approximate surface area is 217 Å². The van der Waals surface area contributed by atoms with Crippen molar-refractivity contribution in [2.45, 2.75) is 25.4 Å². The van der Waals surface area contributed by atoms with Crippen molar-refractivity contribution in [2.75, 3.05) is 25.9 Å². The third-order valence-corrected chi connectivity index (χ3v) is 6.64. The van der Waals surface area contributed by atoms with Gasteiger partial charge in [-0.1, -0.05) is 30.3 Å². The van der Waals surface area contributed by atoms with Crippen LogP contribution in [-0.2, 0) is 6.54 Å². The first-order valence-electron chi connectivity index (χ1n) is 12.0. The van der Waals surface area contributed by atoms with E-state index < -0.39 is 17.8 Å². The fourth-order valence-electron chi connectivity index (χ4n) is 4.68.